The number of carboxylic acids is 1. The van der Waals surface area contributed by atoms with Crippen LogP contribution in [0.15, 0.2) is 41.8 Å². The zero-order chi connectivity index (χ0) is 14.4. The lowest BCUT2D eigenvalue weighted by Crippen LogP contribution is -2.01. The number of carboxylic acid groups (broad SMARTS) is 1. The van der Waals surface area contributed by atoms with Crippen molar-refractivity contribution in [3.8, 4) is 5.75 Å². The van der Waals surface area contributed by atoms with Gasteiger partial charge in [-0.1, -0.05) is 17.7 Å². The van der Waals surface area contributed by atoms with Crippen molar-refractivity contribution in [3.05, 3.63) is 57.3 Å². The molecule has 0 unspecified atom stereocenters. The van der Waals surface area contributed by atoms with E-state index < -0.39 is 5.97 Å². The monoisotopic (exact) mass is 308 g/mol. The lowest BCUT2D eigenvalue weighted by Gasteiger charge is -2.09. The number of ether oxygens (including phenoxy) is 1. The smallest absolute Gasteiger partial charge is 0.328 e. The average molecular weight is 309 g/mol. The highest BCUT2D eigenvalue weighted by atomic mass is 35.5. The lowest BCUT2D eigenvalue weighted by atomic mass is 10.2. The topological polar surface area (TPSA) is 46.5 Å². The van der Waals surface area contributed by atoms with Gasteiger partial charge in [-0.25, -0.2) is 4.79 Å². The molecule has 104 valence electrons. The van der Waals surface area contributed by atoms with Crippen LogP contribution in [0.1, 0.15) is 10.4 Å². The highest BCUT2D eigenvalue weighted by Crippen LogP contribution is 2.24. The summed E-state index contributed by atoms with van der Waals surface area (Å²) in [5.74, 6) is -0.377. The van der Waals surface area contributed by atoms with Gasteiger partial charge in [-0.3, -0.25) is 0 Å². The third kappa shape index (κ3) is 4.40. The number of carbonyl (C=O) groups is 1. The number of hydrogen-bond acceptors (Lipinski definition) is 3. The van der Waals surface area contributed by atoms with Gasteiger partial charge in [0.15, 0.2) is 0 Å². The summed E-state index contributed by atoms with van der Waals surface area (Å²) >= 11 is 7.60. The second-order valence-electron chi connectivity index (χ2n) is 4.03. The first-order valence-electron chi connectivity index (χ1n) is 6.01. The molecule has 0 saturated carbocycles. The van der Waals surface area contributed by atoms with Gasteiger partial charge in [-0.05, 0) is 35.7 Å². The molecule has 0 aliphatic rings. The largest absolute Gasteiger partial charge is 0.493 e. The standard InChI is InChI=1S/C15H13ClO3S/c16-12-4-5-14(11(10-12)3-6-15(17)18)19-8-7-13-2-1-9-20-13/h1-6,9-10H,7-8H2,(H,17,18). The molecule has 3 nitrogen and oxygen atoms in total. The van der Waals surface area contributed by atoms with Crippen LogP contribution in [0.2, 0.25) is 5.02 Å². The third-order valence-electron chi connectivity index (χ3n) is 2.56. The highest BCUT2D eigenvalue weighted by molar-refractivity contribution is 7.09. The molecule has 0 amide bonds. The number of aliphatic carboxylic acids is 1. The minimum absolute atomic E-state index is 0.538. The first kappa shape index (κ1) is 14.6. The van der Waals surface area contributed by atoms with Gasteiger partial charge in [0.25, 0.3) is 0 Å². The summed E-state index contributed by atoms with van der Waals surface area (Å²) in [6.45, 7) is 0.538. The molecule has 2 aromatic rings. The summed E-state index contributed by atoms with van der Waals surface area (Å²) in [6.07, 6.45) is 3.37. The summed E-state index contributed by atoms with van der Waals surface area (Å²) < 4.78 is 5.70. The Labute approximate surface area is 126 Å². The molecule has 1 heterocycles. The van der Waals surface area contributed by atoms with Gasteiger partial charge in [-0.15, -0.1) is 11.3 Å². The maximum absolute atomic E-state index is 10.6. The van der Waals surface area contributed by atoms with E-state index in [1.807, 2.05) is 11.4 Å². The molecule has 0 spiro atoms. The normalized spacial score (nSPS) is 10.8. The number of halogens is 1. The van der Waals surface area contributed by atoms with E-state index in [1.165, 1.54) is 11.0 Å². The molecular weight excluding hydrogens is 296 g/mol. The van der Waals surface area contributed by atoms with E-state index in [9.17, 15) is 4.79 Å². The third-order valence-corrected chi connectivity index (χ3v) is 3.73. The fraction of sp³-hybridized carbons (Fsp3) is 0.133. The number of rotatable bonds is 6. The van der Waals surface area contributed by atoms with E-state index >= 15 is 0 Å². The second kappa shape index (κ2) is 7.12. The Morgan fingerprint density at radius 2 is 2.25 bits per heavy atom. The SMILES string of the molecule is O=C(O)C=Cc1cc(Cl)ccc1OCCc1cccs1. The van der Waals surface area contributed by atoms with Gasteiger partial charge >= 0.3 is 5.97 Å². The molecule has 0 bridgehead atoms. The van der Waals surface area contributed by atoms with Crippen LogP contribution in [0.25, 0.3) is 6.08 Å². The van der Waals surface area contributed by atoms with Crippen molar-refractivity contribution in [2.24, 2.45) is 0 Å². The van der Waals surface area contributed by atoms with Gasteiger partial charge < -0.3 is 9.84 Å². The van der Waals surface area contributed by atoms with Crippen molar-refractivity contribution >= 4 is 35.0 Å². The molecule has 0 atom stereocenters. The van der Waals surface area contributed by atoms with E-state index in [-0.39, 0.29) is 0 Å². The van der Waals surface area contributed by atoms with Crippen molar-refractivity contribution in [2.45, 2.75) is 6.42 Å². The quantitative estimate of drug-likeness (QED) is 0.816. The van der Waals surface area contributed by atoms with Gasteiger partial charge in [0.2, 0.25) is 0 Å². The molecule has 1 aromatic heterocycles. The fourth-order valence-corrected chi connectivity index (χ4v) is 2.53. The molecule has 5 heteroatoms. The highest BCUT2D eigenvalue weighted by Gasteiger charge is 2.03. The van der Waals surface area contributed by atoms with Crippen LogP contribution in [-0.4, -0.2) is 17.7 Å². The van der Waals surface area contributed by atoms with Gasteiger partial charge in [0.05, 0.1) is 6.61 Å². The molecule has 0 radical (unpaired) electrons. The van der Waals surface area contributed by atoms with Crippen molar-refractivity contribution in [1.29, 1.82) is 0 Å². The van der Waals surface area contributed by atoms with Crippen LogP contribution in [0.3, 0.4) is 0 Å². The zero-order valence-electron chi connectivity index (χ0n) is 10.6. The summed E-state index contributed by atoms with van der Waals surface area (Å²) in [5.41, 5.74) is 0.658. The van der Waals surface area contributed by atoms with E-state index in [2.05, 4.69) is 6.07 Å². The molecular formula is C15H13ClO3S. The molecule has 0 fully saturated rings. The second-order valence-corrected chi connectivity index (χ2v) is 5.50. The fourth-order valence-electron chi connectivity index (χ4n) is 1.66. The van der Waals surface area contributed by atoms with E-state index in [1.54, 1.807) is 29.5 Å². The Morgan fingerprint density at radius 1 is 1.40 bits per heavy atom. The molecule has 2 rings (SSSR count). The maximum atomic E-state index is 10.6. The van der Waals surface area contributed by atoms with Gasteiger partial charge in [-0.2, -0.15) is 0 Å². The first-order valence-corrected chi connectivity index (χ1v) is 7.26. The van der Waals surface area contributed by atoms with Crippen molar-refractivity contribution in [2.75, 3.05) is 6.61 Å². The van der Waals surface area contributed by atoms with Gasteiger partial charge in [0, 0.05) is 28.0 Å². The minimum Gasteiger partial charge on any atom is -0.493 e. The molecule has 0 saturated heterocycles. The van der Waals surface area contributed by atoms with Crippen molar-refractivity contribution < 1.29 is 14.6 Å². The van der Waals surface area contributed by atoms with Crippen LogP contribution in [0, 0.1) is 0 Å². The molecule has 0 aliphatic heterocycles. The maximum Gasteiger partial charge on any atom is 0.328 e. The molecule has 20 heavy (non-hydrogen) atoms. The number of benzene rings is 1. The Hall–Kier alpha value is -1.78. The summed E-state index contributed by atoms with van der Waals surface area (Å²) in [5, 5.41) is 11.2. The summed E-state index contributed by atoms with van der Waals surface area (Å²) in [7, 11) is 0. The Balaban J connectivity index is 2.04. The van der Waals surface area contributed by atoms with E-state index in [0.29, 0.717) is 22.9 Å². The van der Waals surface area contributed by atoms with Crippen LogP contribution in [0.4, 0.5) is 0 Å². The van der Waals surface area contributed by atoms with Crippen LogP contribution in [-0.2, 0) is 11.2 Å². The molecule has 1 N–H and O–H groups in total. The van der Waals surface area contributed by atoms with Crippen LogP contribution in [0.5, 0.6) is 5.75 Å². The predicted octanol–water partition coefficient (Wildman–Crippen LogP) is 4.12. The Kier molecular flexibility index (Phi) is 5.21. The summed E-state index contributed by atoms with van der Waals surface area (Å²) in [4.78, 5) is 11.8. The van der Waals surface area contributed by atoms with Crippen molar-refractivity contribution in [3.63, 3.8) is 0 Å². The Bertz CT molecular complexity index is 606. The number of hydrogen-bond donors (Lipinski definition) is 1. The number of thiophene rings is 1. The van der Waals surface area contributed by atoms with E-state index in [4.69, 9.17) is 21.4 Å². The van der Waals surface area contributed by atoms with E-state index in [0.717, 1.165) is 12.5 Å². The molecule has 0 aliphatic carbocycles. The van der Waals surface area contributed by atoms with Crippen LogP contribution >= 0.6 is 22.9 Å². The van der Waals surface area contributed by atoms with Crippen molar-refractivity contribution in [1.82, 2.24) is 0 Å². The minimum atomic E-state index is -1.01. The summed E-state index contributed by atoms with van der Waals surface area (Å²) in [6, 6.07) is 9.21. The first-order chi connectivity index (χ1) is 9.65. The van der Waals surface area contributed by atoms with Gasteiger partial charge in [0.1, 0.15) is 5.75 Å². The van der Waals surface area contributed by atoms with Crippen LogP contribution < -0.4 is 4.74 Å². The lowest BCUT2D eigenvalue weighted by molar-refractivity contribution is -0.131. The molecule has 1 aromatic carbocycles. The Morgan fingerprint density at radius 3 is 2.95 bits per heavy atom. The predicted molar refractivity (Wildman–Crippen MR) is 81.6 cm³/mol. The zero-order valence-corrected chi connectivity index (χ0v) is 12.2. The average Bonchev–Trinajstić information content (AvgIpc) is 2.91.